The molecule has 23 heavy (non-hydrogen) atoms. The van der Waals surface area contributed by atoms with E-state index in [-0.39, 0.29) is 5.91 Å². The van der Waals surface area contributed by atoms with Crippen LogP contribution in [0.5, 0.6) is 5.75 Å². The number of anilines is 2. The number of pyridine rings is 1. The number of carbonyl (C=O) groups excluding carboxylic acids is 1. The Morgan fingerprint density at radius 1 is 1.30 bits per heavy atom. The second kappa shape index (κ2) is 8.39. The van der Waals surface area contributed by atoms with Gasteiger partial charge in [-0.15, -0.1) is 0 Å². The molecule has 0 aliphatic heterocycles. The number of hydrogen-bond acceptors (Lipinski definition) is 4. The summed E-state index contributed by atoms with van der Waals surface area (Å²) in [4.78, 5) is 16.3. The minimum atomic E-state index is -0.109. The second-order valence-electron chi connectivity index (χ2n) is 5.01. The zero-order valence-electron chi connectivity index (χ0n) is 13.2. The average molecular weight is 334 g/mol. The number of hydrogen-bond donors (Lipinski definition) is 2. The molecule has 0 fully saturated rings. The summed E-state index contributed by atoms with van der Waals surface area (Å²) in [5, 5.41) is 6.59. The molecule has 0 bridgehead atoms. The molecule has 1 heterocycles. The van der Waals surface area contributed by atoms with Crippen LogP contribution in [0.1, 0.15) is 30.1 Å². The normalized spacial score (nSPS) is 10.2. The van der Waals surface area contributed by atoms with Crippen LogP contribution in [0.25, 0.3) is 0 Å². The summed E-state index contributed by atoms with van der Waals surface area (Å²) >= 11 is 6.01. The van der Waals surface area contributed by atoms with E-state index < -0.39 is 0 Å². The first-order chi connectivity index (χ1) is 11.1. The fourth-order valence-corrected chi connectivity index (χ4v) is 2.21. The van der Waals surface area contributed by atoms with Crippen molar-refractivity contribution in [2.24, 2.45) is 0 Å². The minimum absolute atomic E-state index is 0.109. The molecule has 0 radical (unpaired) electrons. The molecule has 0 atom stereocenters. The van der Waals surface area contributed by atoms with Gasteiger partial charge in [0.25, 0.3) is 5.91 Å². The van der Waals surface area contributed by atoms with Crippen molar-refractivity contribution < 1.29 is 9.53 Å². The van der Waals surface area contributed by atoms with Crippen molar-refractivity contribution in [3.8, 4) is 5.75 Å². The number of aromatic nitrogens is 1. The Balaban J connectivity index is 2.14. The number of halogens is 1. The van der Waals surface area contributed by atoms with Gasteiger partial charge in [-0.1, -0.05) is 24.9 Å². The molecule has 0 aliphatic carbocycles. The molecule has 0 saturated carbocycles. The van der Waals surface area contributed by atoms with E-state index in [4.69, 9.17) is 16.3 Å². The molecule has 1 aromatic heterocycles. The Bertz CT molecular complexity index is 677. The van der Waals surface area contributed by atoms with Gasteiger partial charge >= 0.3 is 0 Å². The third-order valence-corrected chi connectivity index (χ3v) is 3.50. The molecule has 5 nitrogen and oxygen atoms in total. The number of benzene rings is 1. The molecule has 2 aromatic rings. The Kier molecular flexibility index (Phi) is 6.23. The van der Waals surface area contributed by atoms with E-state index in [9.17, 15) is 4.79 Å². The van der Waals surface area contributed by atoms with Gasteiger partial charge in [-0.3, -0.25) is 4.79 Å². The molecule has 0 saturated heterocycles. The summed E-state index contributed by atoms with van der Waals surface area (Å²) in [5.74, 6) is 1.09. The van der Waals surface area contributed by atoms with Gasteiger partial charge in [0.2, 0.25) is 0 Å². The Hall–Kier alpha value is -2.27. The number of nitrogens with one attached hydrogen (secondary N) is 2. The van der Waals surface area contributed by atoms with Crippen LogP contribution in [0.4, 0.5) is 11.5 Å². The predicted molar refractivity (Wildman–Crippen MR) is 92.8 cm³/mol. The highest BCUT2D eigenvalue weighted by Gasteiger charge is 2.09. The maximum Gasteiger partial charge on any atom is 0.251 e. The fourth-order valence-electron chi connectivity index (χ4n) is 2.04. The van der Waals surface area contributed by atoms with Crippen LogP contribution >= 0.6 is 11.6 Å². The fraction of sp³-hybridized carbons (Fsp3) is 0.294. The number of methoxy groups -OCH3 is 1. The molecule has 0 spiro atoms. The van der Waals surface area contributed by atoms with Crippen LogP contribution < -0.4 is 15.4 Å². The third-order valence-electron chi connectivity index (χ3n) is 3.26. The zero-order valence-corrected chi connectivity index (χ0v) is 14.0. The van der Waals surface area contributed by atoms with Crippen LogP contribution in [0.2, 0.25) is 5.02 Å². The highest BCUT2D eigenvalue weighted by Crippen LogP contribution is 2.30. The second-order valence-corrected chi connectivity index (χ2v) is 5.45. The highest BCUT2D eigenvalue weighted by atomic mass is 35.5. The number of rotatable bonds is 7. The quantitative estimate of drug-likeness (QED) is 0.751. The lowest BCUT2D eigenvalue weighted by atomic mass is 10.2. The average Bonchev–Trinajstić information content (AvgIpc) is 2.55. The monoisotopic (exact) mass is 333 g/mol. The summed E-state index contributed by atoms with van der Waals surface area (Å²) < 4.78 is 5.29. The van der Waals surface area contributed by atoms with E-state index in [2.05, 4.69) is 22.5 Å². The van der Waals surface area contributed by atoms with Gasteiger partial charge in [0.1, 0.15) is 11.6 Å². The van der Waals surface area contributed by atoms with Gasteiger partial charge in [-0.25, -0.2) is 4.98 Å². The summed E-state index contributed by atoms with van der Waals surface area (Å²) in [6.07, 6.45) is 3.59. The van der Waals surface area contributed by atoms with Gasteiger partial charge in [0.15, 0.2) is 0 Å². The van der Waals surface area contributed by atoms with E-state index in [1.807, 2.05) is 0 Å². The largest absolute Gasteiger partial charge is 0.495 e. The smallest absolute Gasteiger partial charge is 0.251 e. The Labute approximate surface area is 141 Å². The first kappa shape index (κ1) is 17.1. The van der Waals surface area contributed by atoms with Crippen LogP contribution in [-0.2, 0) is 0 Å². The van der Waals surface area contributed by atoms with Crippen molar-refractivity contribution in [3.05, 3.63) is 47.1 Å². The van der Waals surface area contributed by atoms with Crippen molar-refractivity contribution in [3.63, 3.8) is 0 Å². The van der Waals surface area contributed by atoms with Gasteiger partial charge in [-0.05, 0) is 36.8 Å². The molecular formula is C17H20ClN3O2. The predicted octanol–water partition coefficient (Wildman–Crippen LogP) is 4.02. The van der Waals surface area contributed by atoms with Gasteiger partial charge < -0.3 is 15.4 Å². The van der Waals surface area contributed by atoms with E-state index in [1.54, 1.807) is 43.6 Å². The van der Waals surface area contributed by atoms with E-state index in [0.717, 1.165) is 12.8 Å². The molecule has 0 unspecified atom stereocenters. The SMILES string of the molecule is CCCCNC(=O)c1ccnc(Nc2cc(Cl)ccc2OC)c1. The number of carbonyl (C=O) groups is 1. The van der Waals surface area contributed by atoms with Crippen LogP contribution in [-0.4, -0.2) is 24.5 Å². The Morgan fingerprint density at radius 2 is 2.13 bits per heavy atom. The minimum Gasteiger partial charge on any atom is -0.495 e. The van der Waals surface area contributed by atoms with Crippen molar-refractivity contribution in [2.45, 2.75) is 19.8 Å². The lowest BCUT2D eigenvalue weighted by Gasteiger charge is -2.12. The summed E-state index contributed by atoms with van der Waals surface area (Å²) in [6, 6.07) is 8.64. The van der Waals surface area contributed by atoms with Gasteiger partial charge in [0, 0.05) is 23.3 Å². The summed E-state index contributed by atoms with van der Waals surface area (Å²) in [6.45, 7) is 2.75. The maximum atomic E-state index is 12.1. The molecular weight excluding hydrogens is 314 g/mol. The summed E-state index contributed by atoms with van der Waals surface area (Å²) in [7, 11) is 1.58. The first-order valence-corrected chi connectivity index (χ1v) is 7.86. The third kappa shape index (κ3) is 4.86. The number of ether oxygens (including phenoxy) is 1. The van der Waals surface area contributed by atoms with E-state index >= 15 is 0 Å². The van der Waals surface area contributed by atoms with Crippen molar-refractivity contribution in [1.29, 1.82) is 0 Å². The Morgan fingerprint density at radius 3 is 2.87 bits per heavy atom. The van der Waals surface area contributed by atoms with Gasteiger partial charge in [0.05, 0.1) is 12.8 Å². The molecule has 2 N–H and O–H groups in total. The van der Waals surface area contributed by atoms with Crippen molar-refractivity contribution >= 4 is 29.0 Å². The first-order valence-electron chi connectivity index (χ1n) is 7.49. The molecule has 1 aromatic carbocycles. The molecule has 122 valence electrons. The lowest BCUT2D eigenvalue weighted by molar-refractivity contribution is 0.0953. The van der Waals surface area contributed by atoms with Crippen LogP contribution in [0, 0.1) is 0 Å². The standard InChI is InChI=1S/C17H20ClN3O2/c1-3-4-8-20-17(22)12-7-9-19-16(10-12)21-14-11-13(18)5-6-15(14)23-2/h5-7,9-11H,3-4,8H2,1-2H3,(H,19,21)(H,20,22). The van der Waals surface area contributed by atoms with Crippen LogP contribution in [0.3, 0.4) is 0 Å². The topological polar surface area (TPSA) is 63.2 Å². The summed E-state index contributed by atoms with van der Waals surface area (Å²) in [5.41, 5.74) is 1.25. The lowest BCUT2D eigenvalue weighted by Crippen LogP contribution is -2.24. The molecule has 6 heteroatoms. The van der Waals surface area contributed by atoms with Crippen LogP contribution in [0.15, 0.2) is 36.5 Å². The maximum absolute atomic E-state index is 12.1. The van der Waals surface area contributed by atoms with E-state index in [0.29, 0.717) is 34.4 Å². The van der Waals surface area contributed by atoms with E-state index in [1.165, 1.54) is 0 Å². The van der Waals surface area contributed by atoms with Crippen molar-refractivity contribution in [1.82, 2.24) is 10.3 Å². The molecule has 2 rings (SSSR count). The molecule has 1 amide bonds. The number of amides is 1. The van der Waals surface area contributed by atoms with Gasteiger partial charge in [-0.2, -0.15) is 0 Å². The van der Waals surface area contributed by atoms with Crippen molar-refractivity contribution in [2.75, 3.05) is 19.0 Å². The number of unbranched alkanes of at least 4 members (excludes halogenated alkanes) is 1. The highest BCUT2D eigenvalue weighted by molar-refractivity contribution is 6.31. The zero-order chi connectivity index (χ0) is 16.7. The number of nitrogens with zero attached hydrogens (tertiary/aromatic N) is 1. The molecule has 0 aliphatic rings.